The summed E-state index contributed by atoms with van der Waals surface area (Å²) in [7, 11) is 5.16. The highest BCUT2D eigenvalue weighted by Crippen LogP contribution is 2.24. The zero-order chi connectivity index (χ0) is 34.0. The van der Waals surface area contributed by atoms with Gasteiger partial charge in [0.15, 0.2) is 0 Å². The Hall–Kier alpha value is -3.48. The van der Waals surface area contributed by atoms with E-state index in [0.717, 1.165) is 36.2 Å². The number of alkyl halides is 1. The first-order chi connectivity index (χ1) is 21.8. The van der Waals surface area contributed by atoms with Crippen molar-refractivity contribution in [3.63, 3.8) is 0 Å². The number of aryl methyl sites for hydroxylation is 1. The maximum Gasteiger partial charge on any atom is 0.292 e. The van der Waals surface area contributed by atoms with Crippen LogP contribution in [0, 0.1) is 5.92 Å². The number of aromatic nitrogens is 1. The summed E-state index contributed by atoms with van der Waals surface area (Å²) in [4.78, 5) is 18.1. The minimum absolute atomic E-state index is 0.0859. The quantitative estimate of drug-likeness (QED) is 0.129. The lowest BCUT2D eigenvalue weighted by molar-refractivity contribution is -0.126. The molecule has 2 heterocycles. The molecule has 252 valence electrons. The van der Waals surface area contributed by atoms with Gasteiger partial charge >= 0.3 is 0 Å². The highest BCUT2D eigenvalue weighted by molar-refractivity contribution is 6.01. The topological polar surface area (TPSA) is 68.0 Å². The van der Waals surface area contributed by atoms with Gasteiger partial charge in [-0.05, 0) is 60.9 Å². The molecule has 0 radical (unpaired) electrons. The van der Waals surface area contributed by atoms with Crippen molar-refractivity contribution in [2.75, 3.05) is 14.2 Å². The molecule has 6 nitrogen and oxygen atoms in total. The molecule has 0 saturated heterocycles. The number of carbonyl (C=O) groups is 1. The van der Waals surface area contributed by atoms with Crippen molar-refractivity contribution in [2.45, 2.75) is 112 Å². The van der Waals surface area contributed by atoms with E-state index in [4.69, 9.17) is 9.79 Å². The Morgan fingerprint density at radius 1 is 1.11 bits per heavy atom. The molecular weight excluding hydrogens is 563 g/mol. The fraction of sp³-hybridized carbons (Fsp3) is 0.553. The fourth-order valence-corrected chi connectivity index (χ4v) is 4.73. The first-order valence-corrected chi connectivity index (χ1v) is 16.8. The lowest BCUT2D eigenvalue weighted by Gasteiger charge is -2.21. The van der Waals surface area contributed by atoms with Crippen LogP contribution in [0.25, 0.3) is 11.1 Å². The molecule has 3 atom stereocenters. The number of ether oxygens (including phenoxy) is 1. The van der Waals surface area contributed by atoms with Gasteiger partial charge in [-0.25, -0.2) is 4.39 Å². The lowest BCUT2D eigenvalue weighted by atomic mass is 9.97. The predicted octanol–water partition coefficient (Wildman–Crippen LogP) is 9.90. The molecular formula is C38H61FN4O2. The first kappa shape index (κ1) is 41.5. The molecule has 1 N–H and O–H groups in total. The average Bonchev–Trinajstić information content (AvgIpc) is 3.52. The molecule has 1 aromatic carbocycles. The number of nitrogens with one attached hydrogen (secondary N) is 1. The second kappa shape index (κ2) is 25.8. The van der Waals surface area contributed by atoms with Crippen LogP contribution < -0.4 is 5.32 Å². The van der Waals surface area contributed by atoms with Crippen molar-refractivity contribution < 1.29 is 13.9 Å². The minimum Gasteiger partial charge on any atom is -0.471 e. The Bertz CT molecular complexity index is 1180. The summed E-state index contributed by atoms with van der Waals surface area (Å²) in [5.74, 6) is 1.18. The normalized spacial score (nSPS) is 15.4. The number of nitrogens with zero attached hydrogens (tertiary/aromatic N) is 3. The Morgan fingerprint density at radius 2 is 1.80 bits per heavy atom. The molecule has 0 bridgehead atoms. The molecule has 1 aliphatic heterocycles. The number of carbonyl (C=O) groups excluding carboxylic acids is 1. The second-order valence-electron chi connectivity index (χ2n) is 11.0. The Labute approximate surface area is 274 Å². The summed E-state index contributed by atoms with van der Waals surface area (Å²) in [6, 6.07) is 10.7. The summed E-state index contributed by atoms with van der Waals surface area (Å²) in [6.45, 7) is 14.8. The van der Waals surface area contributed by atoms with Crippen LogP contribution in [0.5, 0.6) is 0 Å². The predicted molar refractivity (Wildman–Crippen MR) is 193 cm³/mol. The molecule has 1 aromatic heterocycles. The van der Waals surface area contributed by atoms with Crippen molar-refractivity contribution in [2.24, 2.45) is 23.0 Å². The van der Waals surface area contributed by atoms with Gasteiger partial charge in [0.2, 0.25) is 0 Å². The van der Waals surface area contributed by atoms with Crippen LogP contribution in [-0.4, -0.2) is 49.5 Å². The van der Waals surface area contributed by atoms with E-state index in [-0.39, 0.29) is 12.0 Å². The van der Waals surface area contributed by atoms with Crippen LogP contribution in [0.15, 0.2) is 76.1 Å². The molecule has 7 heteroatoms. The highest BCUT2D eigenvalue weighted by atomic mass is 19.1. The first-order valence-electron chi connectivity index (χ1n) is 16.8. The molecule has 0 saturated carbocycles. The van der Waals surface area contributed by atoms with E-state index in [1.165, 1.54) is 49.5 Å². The molecule has 1 aliphatic rings. The van der Waals surface area contributed by atoms with Gasteiger partial charge in [0.1, 0.15) is 12.0 Å². The third-order valence-corrected chi connectivity index (χ3v) is 7.31. The molecule has 0 fully saturated rings. The van der Waals surface area contributed by atoms with Gasteiger partial charge in [-0.1, -0.05) is 97.9 Å². The Morgan fingerprint density at radius 3 is 2.33 bits per heavy atom. The lowest BCUT2D eigenvalue weighted by Crippen LogP contribution is -2.28. The largest absolute Gasteiger partial charge is 0.471 e. The zero-order valence-corrected chi connectivity index (χ0v) is 29.8. The van der Waals surface area contributed by atoms with Gasteiger partial charge in [-0.15, -0.1) is 0 Å². The van der Waals surface area contributed by atoms with Gasteiger partial charge < -0.3 is 14.6 Å². The summed E-state index contributed by atoms with van der Waals surface area (Å²) >= 11 is 0. The van der Waals surface area contributed by atoms with Crippen LogP contribution in [0.2, 0.25) is 0 Å². The molecule has 2 aromatic rings. The molecule has 3 rings (SSSR count). The van der Waals surface area contributed by atoms with E-state index in [2.05, 4.69) is 95.4 Å². The van der Waals surface area contributed by atoms with E-state index in [1.54, 1.807) is 0 Å². The number of halogens is 1. The smallest absolute Gasteiger partial charge is 0.292 e. The van der Waals surface area contributed by atoms with E-state index < -0.39 is 6.17 Å². The number of aliphatic imine (C=N–C) groups is 2. The molecule has 45 heavy (non-hydrogen) atoms. The Kier molecular flexibility index (Phi) is 23.8. The van der Waals surface area contributed by atoms with E-state index in [1.807, 2.05) is 48.0 Å². The summed E-state index contributed by atoms with van der Waals surface area (Å²) < 4.78 is 19.0. The third-order valence-electron chi connectivity index (χ3n) is 7.31. The van der Waals surface area contributed by atoms with Crippen LogP contribution in [-0.2, 0) is 16.6 Å². The highest BCUT2D eigenvalue weighted by Gasteiger charge is 2.18. The number of hydrogen-bond acceptors (Lipinski definition) is 5. The maximum absolute atomic E-state index is 13.0. The number of unbranched alkanes of at least 4 members (excludes halogenated alkanes) is 4. The van der Waals surface area contributed by atoms with Crippen LogP contribution >= 0.6 is 0 Å². The zero-order valence-electron chi connectivity index (χ0n) is 29.8. The fourth-order valence-electron chi connectivity index (χ4n) is 4.73. The third kappa shape index (κ3) is 16.4. The summed E-state index contributed by atoms with van der Waals surface area (Å²) in [5, 5.41) is 3.40. The van der Waals surface area contributed by atoms with Crippen molar-refractivity contribution >= 4 is 18.5 Å². The summed E-state index contributed by atoms with van der Waals surface area (Å²) in [5.41, 5.74) is 5.84. The molecule has 0 amide bonds. The average molecular weight is 625 g/mol. The monoisotopic (exact) mass is 624 g/mol. The number of rotatable bonds is 14. The van der Waals surface area contributed by atoms with Crippen molar-refractivity contribution in [1.82, 2.24) is 9.88 Å². The van der Waals surface area contributed by atoms with Crippen LogP contribution in [0.1, 0.15) is 105 Å². The van der Waals surface area contributed by atoms with Crippen molar-refractivity contribution in [3.8, 4) is 11.1 Å². The SMILES string of the molecule is CC.CCC/C=C(\C=NC)C1=CNC(c2cccc(-c3ccn(C)c3)c2)=NC1C.CCCCCCC(C)C(F)CC.COC=O. The van der Waals surface area contributed by atoms with E-state index >= 15 is 0 Å². The molecule has 0 aliphatic carbocycles. The number of methoxy groups -OCH3 is 1. The maximum atomic E-state index is 13.0. The Balaban J connectivity index is 0.000000898. The van der Waals surface area contributed by atoms with E-state index in [0.29, 0.717) is 12.9 Å². The number of allylic oxidation sites excluding steroid dienone is 1. The van der Waals surface area contributed by atoms with Gasteiger partial charge in [-0.2, -0.15) is 0 Å². The van der Waals surface area contributed by atoms with Crippen molar-refractivity contribution in [3.05, 3.63) is 71.7 Å². The summed E-state index contributed by atoms with van der Waals surface area (Å²) in [6.07, 6.45) is 18.8. The van der Waals surface area contributed by atoms with Crippen molar-refractivity contribution in [1.29, 1.82) is 0 Å². The number of benzene rings is 1. The van der Waals surface area contributed by atoms with Gasteiger partial charge in [0.25, 0.3) is 6.47 Å². The number of hydrogen-bond donors (Lipinski definition) is 1. The minimum atomic E-state index is -0.577. The van der Waals surface area contributed by atoms with Crippen LogP contribution in [0.4, 0.5) is 4.39 Å². The molecule has 0 spiro atoms. The van der Waals surface area contributed by atoms with Gasteiger partial charge in [0.05, 0.1) is 13.2 Å². The number of amidine groups is 1. The van der Waals surface area contributed by atoms with Gasteiger partial charge in [0, 0.05) is 50.0 Å². The van der Waals surface area contributed by atoms with Gasteiger partial charge in [-0.3, -0.25) is 14.8 Å². The second-order valence-corrected chi connectivity index (χ2v) is 11.0. The van der Waals surface area contributed by atoms with Crippen LogP contribution in [0.3, 0.4) is 0 Å². The standard InChI is InChI=1S/C23H28N4.C11H23F.C2H4O2.C2H6/c1-5-6-8-20(14-24-3)22-15-25-23(26-17(22)2)19-10-7-9-18(13-19)21-11-12-27(4)16-21;1-4-6-7-8-9-10(3)11(12)5-2;1-4-2-3;1-2/h7-17H,5-6H2,1-4H3,(H,25,26);10-11H,4-9H2,1-3H3;2H,1H3;1-2H3/b20-8+,24-14?;;;. The van der Waals surface area contributed by atoms with E-state index in [9.17, 15) is 4.39 Å². The molecule has 3 unspecified atom stereocenters.